The largest absolute Gasteiger partial charge is 0.383 e. The molecule has 6 heteroatoms. The highest BCUT2D eigenvalue weighted by molar-refractivity contribution is 9.10. The molecule has 2 N–H and O–H groups in total. The van der Waals surface area contributed by atoms with E-state index >= 15 is 0 Å². The van der Waals surface area contributed by atoms with E-state index in [-0.39, 0.29) is 6.04 Å². The molecule has 1 unspecified atom stereocenters. The van der Waals surface area contributed by atoms with Gasteiger partial charge in [-0.1, -0.05) is 0 Å². The molecule has 2 rings (SSSR count). The Bertz CT molecular complexity index is 563. The van der Waals surface area contributed by atoms with E-state index in [2.05, 4.69) is 30.8 Å². The van der Waals surface area contributed by atoms with Crippen LogP contribution in [0.4, 0.5) is 5.69 Å². The molecule has 0 aliphatic heterocycles. The lowest BCUT2D eigenvalue weighted by molar-refractivity contribution is 0.182. The van der Waals surface area contributed by atoms with Gasteiger partial charge < -0.3 is 15.4 Å². The topological polar surface area (TPSA) is 64.3 Å². The Morgan fingerprint density at radius 1 is 1.47 bits per heavy atom. The van der Waals surface area contributed by atoms with Crippen molar-refractivity contribution in [3.63, 3.8) is 0 Å². The Morgan fingerprint density at radius 3 is 3.00 bits per heavy atom. The van der Waals surface area contributed by atoms with Crippen molar-refractivity contribution in [2.45, 2.75) is 6.04 Å². The van der Waals surface area contributed by atoms with Gasteiger partial charge in [0.2, 0.25) is 0 Å². The first-order valence-electron chi connectivity index (χ1n) is 5.97. The summed E-state index contributed by atoms with van der Waals surface area (Å²) in [7, 11) is 3.65. The standard InChI is InChI=1S/C13H17BrN4O/c1-18(7-10(15)8-19-2)12-3-4-16-11-5-9(14)6-17-13(11)12/h3-6,10H,7-8,15H2,1-2H3. The molecule has 0 aliphatic carbocycles. The van der Waals surface area contributed by atoms with Gasteiger partial charge in [0.25, 0.3) is 0 Å². The number of ether oxygens (including phenoxy) is 1. The summed E-state index contributed by atoms with van der Waals surface area (Å²) in [5.74, 6) is 0. The summed E-state index contributed by atoms with van der Waals surface area (Å²) in [5, 5.41) is 0. The van der Waals surface area contributed by atoms with E-state index in [4.69, 9.17) is 10.5 Å². The second-order valence-electron chi connectivity index (χ2n) is 4.45. The van der Waals surface area contributed by atoms with Crippen molar-refractivity contribution in [3.8, 4) is 0 Å². The van der Waals surface area contributed by atoms with E-state index in [1.807, 2.05) is 19.2 Å². The third-order valence-electron chi connectivity index (χ3n) is 2.82. The third kappa shape index (κ3) is 3.40. The lowest BCUT2D eigenvalue weighted by Crippen LogP contribution is -2.38. The van der Waals surface area contributed by atoms with Crippen molar-refractivity contribution in [2.75, 3.05) is 32.2 Å². The number of halogens is 1. The Hall–Kier alpha value is -1.24. The molecule has 0 aliphatic rings. The van der Waals surface area contributed by atoms with E-state index in [1.165, 1.54) is 0 Å². The molecule has 0 bridgehead atoms. The second-order valence-corrected chi connectivity index (χ2v) is 5.36. The summed E-state index contributed by atoms with van der Waals surface area (Å²) in [6.45, 7) is 1.23. The fourth-order valence-corrected chi connectivity index (χ4v) is 2.34. The lowest BCUT2D eigenvalue weighted by atomic mass is 10.2. The molecular weight excluding hydrogens is 308 g/mol. The van der Waals surface area contributed by atoms with Crippen molar-refractivity contribution < 1.29 is 4.74 Å². The number of fused-ring (bicyclic) bond motifs is 1. The van der Waals surface area contributed by atoms with E-state index in [0.717, 1.165) is 21.2 Å². The third-order valence-corrected chi connectivity index (χ3v) is 3.26. The summed E-state index contributed by atoms with van der Waals surface area (Å²) >= 11 is 3.40. The SMILES string of the molecule is COCC(N)CN(C)c1ccnc2cc(Br)cnc12. The monoisotopic (exact) mass is 324 g/mol. The van der Waals surface area contributed by atoms with Gasteiger partial charge in [-0.2, -0.15) is 0 Å². The molecule has 2 heterocycles. The van der Waals surface area contributed by atoms with Gasteiger partial charge in [-0.15, -0.1) is 0 Å². The smallest absolute Gasteiger partial charge is 0.112 e. The van der Waals surface area contributed by atoms with Crippen molar-refractivity contribution >= 4 is 32.7 Å². The van der Waals surface area contributed by atoms with Crippen LogP contribution in [0.5, 0.6) is 0 Å². The van der Waals surface area contributed by atoms with Gasteiger partial charge >= 0.3 is 0 Å². The number of pyridine rings is 2. The van der Waals surface area contributed by atoms with Crippen molar-refractivity contribution in [3.05, 3.63) is 29.0 Å². The minimum atomic E-state index is -0.0336. The molecular formula is C13H17BrN4O. The second kappa shape index (κ2) is 6.27. The number of nitrogens with two attached hydrogens (primary N) is 1. The molecule has 102 valence electrons. The van der Waals surface area contributed by atoms with Crippen molar-refractivity contribution in [1.29, 1.82) is 0 Å². The molecule has 5 nitrogen and oxygen atoms in total. The van der Waals surface area contributed by atoms with Crippen LogP contribution in [0.25, 0.3) is 11.0 Å². The number of nitrogens with zero attached hydrogens (tertiary/aromatic N) is 3. The summed E-state index contributed by atoms with van der Waals surface area (Å²) in [4.78, 5) is 10.8. The van der Waals surface area contributed by atoms with Crippen LogP contribution < -0.4 is 10.6 Å². The van der Waals surface area contributed by atoms with Crippen LogP contribution in [-0.4, -0.2) is 43.3 Å². The van der Waals surface area contributed by atoms with Crippen LogP contribution >= 0.6 is 15.9 Å². The fraction of sp³-hybridized carbons (Fsp3) is 0.385. The summed E-state index contributed by atoms with van der Waals surface area (Å²) in [6.07, 6.45) is 3.56. The van der Waals surface area contributed by atoms with Crippen LogP contribution in [0.1, 0.15) is 0 Å². The van der Waals surface area contributed by atoms with Gasteiger partial charge in [-0.25, -0.2) is 0 Å². The molecule has 1 atom stereocenters. The maximum atomic E-state index is 5.98. The van der Waals surface area contributed by atoms with Gasteiger partial charge in [-0.3, -0.25) is 9.97 Å². The Kier molecular flexibility index (Phi) is 4.68. The van der Waals surface area contributed by atoms with Crippen LogP contribution in [0.15, 0.2) is 29.0 Å². The quantitative estimate of drug-likeness (QED) is 0.908. The maximum Gasteiger partial charge on any atom is 0.112 e. The number of hydrogen-bond donors (Lipinski definition) is 1. The summed E-state index contributed by atoms with van der Waals surface area (Å²) < 4.78 is 5.98. The van der Waals surface area contributed by atoms with Crippen LogP contribution in [0.2, 0.25) is 0 Å². The molecule has 2 aromatic rings. The number of likely N-dealkylation sites (N-methyl/N-ethyl adjacent to an activating group) is 1. The highest BCUT2D eigenvalue weighted by atomic mass is 79.9. The van der Waals surface area contributed by atoms with E-state index in [1.54, 1.807) is 19.5 Å². The Labute approximate surface area is 120 Å². The van der Waals surface area contributed by atoms with E-state index in [9.17, 15) is 0 Å². The predicted octanol–water partition coefficient (Wildman–Crippen LogP) is 1.80. The van der Waals surface area contributed by atoms with E-state index in [0.29, 0.717) is 13.2 Å². The van der Waals surface area contributed by atoms with Gasteiger partial charge in [0, 0.05) is 43.6 Å². The Balaban J connectivity index is 2.29. The summed E-state index contributed by atoms with van der Waals surface area (Å²) in [6, 6.07) is 3.87. The molecule has 0 radical (unpaired) electrons. The first-order chi connectivity index (χ1) is 9.11. The normalized spacial score (nSPS) is 12.6. The number of rotatable bonds is 5. The van der Waals surface area contributed by atoms with Crippen molar-refractivity contribution in [1.82, 2.24) is 9.97 Å². The van der Waals surface area contributed by atoms with Crippen LogP contribution in [-0.2, 0) is 4.74 Å². The van der Waals surface area contributed by atoms with Crippen LogP contribution in [0, 0.1) is 0 Å². The molecule has 19 heavy (non-hydrogen) atoms. The highest BCUT2D eigenvalue weighted by Gasteiger charge is 2.11. The first-order valence-corrected chi connectivity index (χ1v) is 6.77. The minimum Gasteiger partial charge on any atom is -0.383 e. The van der Waals surface area contributed by atoms with Gasteiger partial charge in [0.05, 0.1) is 17.8 Å². The van der Waals surface area contributed by atoms with Gasteiger partial charge in [0.15, 0.2) is 0 Å². The molecule has 0 fully saturated rings. The molecule has 0 amide bonds. The lowest BCUT2D eigenvalue weighted by Gasteiger charge is -2.23. The predicted molar refractivity (Wildman–Crippen MR) is 80.4 cm³/mol. The molecule has 0 aromatic carbocycles. The average Bonchev–Trinajstić information content (AvgIpc) is 2.37. The zero-order valence-electron chi connectivity index (χ0n) is 11.0. The average molecular weight is 325 g/mol. The molecule has 2 aromatic heterocycles. The van der Waals surface area contributed by atoms with Gasteiger partial charge in [-0.05, 0) is 28.1 Å². The highest BCUT2D eigenvalue weighted by Crippen LogP contribution is 2.24. The van der Waals surface area contributed by atoms with Crippen molar-refractivity contribution in [2.24, 2.45) is 5.73 Å². The van der Waals surface area contributed by atoms with E-state index < -0.39 is 0 Å². The zero-order valence-corrected chi connectivity index (χ0v) is 12.6. The summed E-state index contributed by atoms with van der Waals surface area (Å²) in [5.41, 5.74) is 8.73. The maximum absolute atomic E-state index is 5.98. The molecule has 0 spiro atoms. The molecule has 0 saturated carbocycles. The van der Waals surface area contributed by atoms with Crippen LogP contribution in [0.3, 0.4) is 0 Å². The first kappa shape index (κ1) is 14.2. The number of hydrogen-bond acceptors (Lipinski definition) is 5. The Morgan fingerprint density at radius 2 is 2.26 bits per heavy atom. The number of anilines is 1. The number of methoxy groups -OCH3 is 1. The van der Waals surface area contributed by atoms with Gasteiger partial charge in [0.1, 0.15) is 5.52 Å². The zero-order chi connectivity index (χ0) is 13.8. The number of aromatic nitrogens is 2. The fourth-order valence-electron chi connectivity index (χ4n) is 2.02. The molecule has 0 saturated heterocycles. The minimum absolute atomic E-state index is 0.0336.